The fraction of sp³-hybridized carbons (Fsp3) is 0.480. The molecule has 2 aromatic heterocycles. The third-order valence-electron chi connectivity index (χ3n) is 7.23. The standard InChI is InChI=1S/C25H27ClN10O/c1-25(37)13-35(14-25)17-4-6-34(7-5-17)20-9-15(10-27)8-19(21(20)26)31-24-32-22(30-16-2-3-16)23-29-12-18(11-28)36(23)33-24/h8-9,12,16-17,37H,2-7,13-14H2,1H3,(H2,30,31,32,33). The van der Waals surface area contributed by atoms with Crippen LogP contribution in [-0.2, 0) is 0 Å². The van der Waals surface area contributed by atoms with Gasteiger partial charge in [0.15, 0.2) is 17.2 Å². The van der Waals surface area contributed by atoms with Crippen LogP contribution in [0.25, 0.3) is 5.65 Å². The van der Waals surface area contributed by atoms with Gasteiger partial charge >= 0.3 is 0 Å². The molecule has 1 aliphatic carbocycles. The van der Waals surface area contributed by atoms with Crippen molar-refractivity contribution < 1.29 is 5.11 Å². The number of anilines is 4. The van der Waals surface area contributed by atoms with Crippen LogP contribution in [0.15, 0.2) is 18.3 Å². The molecule has 190 valence electrons. The lowest BCUT2D eigenvalue weighted by Gasteiger charge is -2.50. The van der Waals surface area contributed by atoms with Crippen molar-refractivity contribution in [1.82, 2.24) is 24.5 Å². The minimum absolute atomic E-state index is 0.247. The highest BCUT2D eigenvalue weighted by molar-refractivity contribution is 6.36. The highest BCUT2D eigenvalue weighted by Crippen LogP contribution is 2.38. The van der Waals surface area contributed by atoms with Crippen molar-refractivity contribution in [3.63, 3.8) is 0 Å². The van der Waals surface area contributed by atoms with E-state index in [-0.39, 0.29) is 5.95 Å². The van der Waals surface area contributed by atoms with Crippen LogP contribution < -0.4 is 15.5 Å². The van der Waals surface area contributed by atoms with E-state index in [9.17, 15) is 15.6 Å². The maximum absolute atomic E-state index is 10.1. The predicted molar refractivity (Wildman–Crippen MR) is 139 cm³/mol. The highest BCUT2D eigenvalue weighted by atomic mass is 35.5. The number of likely N-dealkylation sites (tertiary alicyclic amines) is 1. The second-order valence-electron chi connectivity index (χ2n) is 10.4. The number of aromatic nitrogens is 4. The minimum Gasteiger partial charge on any atom is -0.388 e. The molecule has 4 heterocycles. The van der Waals surface area contributed by atoms with E-state index in [0.29, 0.717) is 58.6 Å². The van der Waals surface area contributed by atoms with Gasteiger partial charge in [0.1, 0.15) is 6.07 Å². The first kappa shape index (κ1) is 23.7. The van der Waals surface area contributed by atoms with Crippen LogP contribution >= 0.6 is 11.6 Å². The zero-order valence-electron chi connectivity index (χ0n) is 20.4. The Hall–Kier alpha value is -3.64. The van der Waals surface area contributed by atoms with Crippen molar-refractivity contribution in [1.29, 1.82) is 10.5 Å². The van der Waals surface area contributed by atoms with Crippen LogP contribution in [0, 0.1) is 22.7 Å². The Labute approximate surface area is 219 Å². The van der Waals surface area contributed by atoms with Gasteiger partial charge in [0.05, 0.1) is 39.8 Å². The summed E-state index contributed by atoms with van der Waals surface area (Å²) >= 11 is 6.89. The largest absolute Gasteiger partial charge is 0.388 e. The minimum atomic E-state index is -0.577. The van der Waals surface area contributed by atoms with Crippen molar-refractivity contribution in [2.24, 2.45) is 0 Å². The summed E-state index contributed by atoms with van der Waals surface area (Å²) in [5.41, 5.74) is 1.98. The number of piperidine rings is 1. The fourth-order valence-electron chi connectivity index (χ4n) is 5.20. The summed E-state index contributed by atoms with van der Waals surface area (Å²) in [7, 11) is 0. The number of nitriles is 2. The summed E-state index contributed by atoms with van der Waals surface area (Å²) in [5.74, 6) is 0.790. The molecule has 3 fully saturated rings. The number of fused-ring (bicyclic) bond motifs is 1. The molecule has 11 nitrogen and oxygen atoms in total. The number of benzene rings is 1. The van der Waals surface area contributed by atoms with Crippen molar-refractivity contribution in [3.05, 3.63) is 34.6 Å². The van der Waals surface area contributed by atoms with E-state index in [4.69, 9.17) is 11.6 Å². The number of nitrogens with one attached hydrogen (secondary N) is 2. The van der Waals surface area contributed by atoms with Crippen molar-refractivity contribution in [2.45, 2.75) is 50.3 Å². The van der Waals surface area contributed by atoms with Gasteiger partial charge in [-0.1, -0.05) is 11.6 Å². The number of imidazole rings is 1. The molecule has 6 rings (SSSR count). The van der Waals surface area contributed by atoms with Crippen LogP contribution in [0.2, 0.25) is 5.02 Å². The molecule has 0 amide bonds. The van der Waals surface area contributed by atoms with Gasteiger partial charge in [-0.05, 0) is 44.7 Å². The zero-order chi connectivity index (χ0) is 25.7. The highest BCUT2D eigenvalue weighted by Gasteiger charge is 2.41. The second-order valence-corrected chi connectivity index (χ2v) is 10.8. The molecule has 0 unspecified atom stereocenters. The lowest BCUT2D eigenvalue weighted by Crippen LogP contribution is -2.64. The lowest BCUT2D eigenvalue weighted by molar-refractivity contribution is -0.105. The fourth-order valence-corrected chi connectivity index (χ4v) is 5.48. The van der Waals surface area contributed by atoms with E-state index in [2.05, 4.69) is 47.6 Å². The molecule has 2 saturated heterocycles. The van der Waals surface area contributed by atoms with Crippen molar-refractivity contribution in [3.8, 4) is 12.1 Å². The molecule has 2 aliphatic heterocycles. The van der Waals surface area contributed by atoms with Gasteiger partial charge in [-0.2, -0.15) is 20.0 Å². The lowest BCUT2D eigenvalue weighted by atomic mass is 9.91. The molecule has 3 aliphatic rings. The maximum atomic E-state index is 10.1. The molecular formula is C25H27ClN10O. The van der Waals surface area contributed by atoms with E-state index in [1.165, 1.54) is 10.7 Å². The van der Waals surface area contributed by atoms with Gasteiger partial charge in [0.25, 0.3) is 0 Å². The molecule has 37 heavy (non-hydrogen) atoms. The van der Waals surface area contributed by atoms with E-state index in [1.807, 2.05) is 13.0 Å². The van der Waals surface area contributed by atoms with Gasteiger partial charge in [0, 0.05) is 38.3 Å². The number of hydrogen-bond acceptors (Lipinski definition) is 10. The summed E-state index contributed by atoms with van der Waals surface area (Å²) in [5, 5.41) is 40.8. The van der Waals surface area contributed by atoms with Crippen LogP contribution in [0.3, 0.4) is 0 Å². The molecule has 0 bridgehead atoms. The first-order valence-electron chi connectivity index (χ1n) is 12.5. The number of nitrogens with zero attached hydrogens (tertiary/aromatic N) is 8. The molecule has 1 aromatic carbocycles. The Bertz CT molecular complexity index is 1430. The zero-order valence-corrected chi connectivity index (χ0v) is 21.2. The normalized spacial score (nSPS) is 19.8. The summed E-state index contributed by atoms with van der Waals surface area (Å²) < 4.78 is 1.46. The smallest absolute Gasteiger partial charge is 0.247 e. The third-order valence-corrected chi connectivity index (χ3v) is 7.63. The topological polar surface area (TPSA) is 141 Å². The summed E-state index contributed by atoms with van der Waals surface area (Å²) in [4.78, 5) is 13.5. The first-order chi connectivity index (χ1) is 17.8. The Kier molecular flexibility index (Phi) is 5.80. The van der Waals surface area contributed by atoms with E-state index >= 15 is 0 Å². The number of rotatable bonds is 6. The molecule has 0 radical (unpaired) electrons. The second kappa shape index (κ2) is 9.03. The Morgan fingerprint density at radius 1 is 1.14 bits per heavy atom. The Balaban J connectivity index is 1.27. The van der Waals surface area contributed by atoms with Crippen LogP contribution in [0.5, 0.6) is 0 Å². The molecule has 1 saturated carbocycles. The molecule has 3 N–H and O–H groups in total. The Morgan fingerprint density at radius 3 is 2.54 bits per heavy atom. The monoisotopic (exact) mass is 518 g/mol. The van der Waals surface area contributed by atoms with E-state index < -0.39 is 5.60 Å². The molecule has 0 atom stereocenters. The van der Waals surface area contributed by atoms with Gasteiger partial charge in [-0.25, -0.2) is 4.98 Å². The van der Waals surface area contributed by atoms with Gasteiger partial charge < -0.3 is 20.6 Å². The van der Waals surface area contributed by atoms with E-state index in [0.717, 1.165) is 44.5 Å². The summed E-state index contributed by atoms with van der Waals surface area (Å²) in [6.07, 6.45) is 5.49. The average Bonchev–Trinajstić information content (AvgIpc) is 3.59. The van der Waals surface area contributed by atoms with E-state index in [1.54, 1.807) is 6.07 Å². The van der Waals surface area contributed by atoms with Crippen LogP contribution in [0.4, 0.5) is 23.1 Å². The number of β-amino-alcohol motifs (C(OH)–C–C–N with tert-alkyl or cyclic N) is 1. The average molecular weight is 519 g/mol. The van der Waals surface area contributed by atoms with Crippen LogP contribution in [-0.4, -0.2) is 73.5 Å². The molecule has 12 heteroatoms. The maximum Gasteiger partial charge on any atom is 0.247 e. The van der Waals surface area contributed by atoms with Crippen LogP contribution in [0.1, 0.15) is 43.9 Å². The molecule has 3 aromatic rings. The number of halogens is 1. The van der Waals surface area contributed by atoms with Crippen molar-refractivity contribution >= 4 is 40.4 Å². The predicted octanol–water partition coefficient (Wildman–Crippen LogP) is 2.87. The summed E-state index contributed by atoms with van der Waals surface area (Å²) in [6, 6.07) is 8.60. The quantitative estimate of drug-likeness (QED) is 0.446. The third kappa shape index (κ3) is 4.62. The van der Waals surface area contributed by atoms with Gasteiger partial charge in [-0.15, -0.1) is 5.10 Å². The molecular weight excluding hydrogens is 492 g/mol. The molecule has 0 spiro atoms. The number of aliphatic hydroxyl groups is 1. The van der Waals surface area contributed by atoms with Gasteiger partial charge in [-0.3, -0.25) is 4.90 Å². The Morgan fingerprint density at radius 2 is 1.89 bits per heavy atom. The summed E-state index contributed by atoms with van der Waals surface area (Å²) in [6.45, 7) is 4.90. The number of hydrogen-bond donors (Lipinski definition) is 3. The SMILES string of the molecule is CC1(O)CN(C2CCN(c3cc(C#N)cc(Nc4nc(NC5CC5)c5ncc(C#N)n5n4)c3Cl)CC2)C1. The van der Waals surface area contributed by atoms with Crippen molar-refractivity contribution in [2.75, 3.05) is 41.7 Å². The first-order valence-corrected chi connectivity index (χ1v) is 12.9. The van der Waals surface area contributed by atoms with Gasteiger partial charge in [0.2, 0.25) is 5.95 Å².